The summed E-state index contributed by atoms with van der Waals surface area (Å²) in [6, 6.07) is 5.02. The Kier molecular flexibility index (Phi) is 6.08. The van der Waals surface area contributed by atoms with Crippen molar-refractivity contribution in [3.8, 4) is 0 Å². The van der Waals surface area contributed by atoms with Gasteiger partial charge in [0.1, 0.15) is 0 Å². The molecule has 1 unspecified atom stereocenters. The van der Waals surface area contributed by atoms with Crippen molar-refractivity contribution in [2.45, 2.75) is 20.0 Å². The third kappa shape index (κ3) is 5.06. The van der Waals surface area contributed by atoms with E-state index in [1.54, 1.807) is 32.0 Å². The molecule has 0 aliphatic carbocycles. The maximum absolute atomic E-state index is 11.7. The molecule has 0 saturated carbocycles. The summed E-state index contributed by atoms with van der Waals surface area (Å²) in [6.45, 7) is 3.43. The second kappa shape index (κ2) is 7.33. The minimum atomic E-state index is -0.868. The first-order valence-electron chi connectivity index (χ1n) is 6.07. The van der Waals surface area contributed by atoms with E-state index < -0.39 is 6.10 Å². The Labute approximate surface area is 117 Å². The first-order chi connectivity index (χ1) is 8.93. The Morgan fingerprint density at radius 2 is 2.05 bits per heavy atom. The van der Waals surface area contributed by atoms with Crippen LogP contribution < -0.4 is 10.6 Å². The third-order valence-corrected chi connectivity index (χ3v) is 2.74. The van der Waals surface area contributed by atoms with Crippen LogP contribution in [-0.2, 0) is 4.79 Å². The number of hydrogen-bond donors (Lipinski definition) is 4. The molecule has 0 radical (unpaired) electrons. The summed E-state index contributed by atoms with van der Waals surface area (Å²) in [5.74, 6) is -0.236. The first-order valence-corrected chi connectivity index (χ1v) is 6.45. The Bertz CT molecular complexity index is 438. The van der Waals surface area contributed by atoms with Gasteiger partial charge in [0.15, 0.2) is 0 Å². The molecule has 0 aliphatic heterocycles. The van der Waals surface area contributed by atoms with Crippen LogP contribution in [0.2, 0.25) is 5.02 Å². The van der Waals surface area contributed by atoms with Crippen molar-refractivity contribution in [1.82, 2.24) is 0 Å². The van der Waals surface area contributed by atoms with Gasteiger partial charge in [0.2, 0.25) is 5.91 Å². The smallest absolute Gasteiger partial charge is 0.226 e. The number of hydrogen-bond acceptors (Lipinski definition) is 4. The van der Waals surface area contributed by atoms with Crippen LogP contribution in [0.3, 0.4) is 0 Å². The minimum Gasteiger partial charge on any atom is -0.394 e. The molecule has 5 nitrogen and oxygen atoms in total. The highest BCUT2D eigenvalue weighted by molar-refractivity contribution is 6.31. The molecule has 4 N–H and O–H groups in total. The maximum Gasteiger partial charge on any atom is 0.226 e. The van der Waals surface area contributed by atoms with Crippen LogP contribution in [0.5, 0.6) is 0 Å². The third-order valence-electron chi connectivity index (χ3n) is 2.50. The highest BCUT2D eigenvalue weighted by Crippen LogP contribution is 2.26. The predicted molar refractivity (Wildman–Crippen MR) is 76.5 cm³/mol. The normalized spacial score (nSPS) is 12.3. The lowest BCUT2D eigenvalue weighted by molar-refractivity contribution is -0.118. The van der Waals surface area contributed by atoms with E-state index in [1.807, 2.05) is 0 Å². The number of aliphatic hydroxyl groups is 2. The van der Waals surface area contributed by atoms with Gasteiger partial charge >= 0.3 is 0 Å². The molecule has 1 rings (SSSR count). The van der Waals surface area contributed by atoms with Crippen LogP contribution in [0, 0.1) is 5.92 Å². The molecular formula is C13H19ClN2O3. The Morgan fingerprint density at radius 3 is 2.63 bits per heavy atom. The van der Waals surface area contributed by atoms with Crippen molar-refractivity contribution < 1.29 is 15.0 Å². The van der Waals surface area contributed by atoms with Crippen LogP contribution in [-0.4, -0.2) is 35.4 Å². The molecule has 0 bridgehead atoms. The molecule has 19 heavy (non-hydrogen) atoms. The van der Waals surface area contributed by atoms with Crippen LogP contribution in [0.4, 0.5) is 11.4 Å². The summed E-state index contributed by atoms with van der Waals surface area (Å²) < 4.78 is 0. The zero-order valence-electron chi connectivity index (χ0n) is 11.0. The lowest BCUT2D eigenvalue weighted by atomic mass is 10.2. The van der Waals surface area contributed by atoms with Gasteiger partial charge in [-0.25, -0.2) is 0 Å². The summed E-state index contributed by atoms with van der Waals surface area (Å²) in [4.78, 5) is 11.7. The summed E-state index contributed by atoms with van der Waals surface area (Å²) in [5, 5.41) is 24.3. The number of carbonyl (C=O) groups excluding carboxylic acids is 1. The molecule has 1 aromatic rings. The monoisotopic (exact) mass is 286 g/mol. The average Bonchev–Trinajstić information content (AvgIpc) is 2.38. The number of amides is 1. The fraction of sp³-hybridized carbons (Fsp3) is 0.462. The van der Waals surface area contributed by atoms with Gasteiger partial charge in [-0.3, -0.25) is 4.79 Å². The SMILES string of the molecule is CC(C)C(=O)Nc1ccc(Cl)cc1NCC(O)CO. The van der Waals surface area contributed by atoms with Crippen molar-refractivity contribution in [2.24, 2.45) is 5.92 Å². The van der Waals surface area contributed by atoms with Gasteiger partial charge in [0.05, 0.1) is 24.1 Å². The fourth-order valence-corrected chi connectivity index (χ4v) is 1.51. The molecular weight excluding hydrogens is 268 g/mol. The maximum atomic E-state index is 11.7. The second-order valence-corrected chi connectivity index (χ2v) is 4.99. The molecule has 6 heteroatoms. The quantitative estimate of drug-likeness (QED) is 0.642. The van der Waals surface area contributed by atoms with E-state index in [1.165, 1.54) is 0 Å². The van der Waals surface area contributed by atoms with Crippen LogP contribution in [0.1, 0.15) is 13.8 Å². The summed E-state index contributed by atoms with van der Waals surface area (Å²) in [6.07, 6.45) is -0.868. The number of carbonyl (C=O) groups is 1. The van der Waals surface area contributed by atoms with Gasteiger partial charge in [0, 0.05) is 17.5 Å². The summed E-state index contributed by atoms with van der Waals surface area (Å²) in [5.41, 5.74) is 1.20. The molecule has 0 heterocycles. The van der Waals surface area contributed by atoms with Gasteiger partial charge in [-0.15, -0.1) is 0 Å². The lowest BCUT2D eigenvalue weighted by Gasteiger charge is -2.16. The lowest BCUT2D eigenvalue weighted by Crippen LogP contribution is -2.24. The number of benzene rings is 1. The zero-order valence-corrected chi connectivity index (χ0v) is 11.7. The summed E-state index contributed by atoms with van der Waals surface area (Å²) >= 11 is 5.90. The van der Waals surface area contributed by atoms with Gasteiger partial charge in [-0.05, 0) is 18.2 Å². The van der Waals surface area contributed by atoms with Crippen molar-refractivity contribution >= 4 is 28.9 Å². The number of aliphatic hydroxyl groups excluding tert-OH is 2. The second-order valence-electron chi connectivity index (χ2n) is 4.55. The number of halogens is 1. The van der Waals surface area contributed by atoms with Gasteiger partial charge < -0.3 is 20.8 Å². The molecule has 1 amide bonds. The van der Waals surface area contributed by atoms with Crippen LogP contribution >= 0.6 is 11.6 Å². The van der Waals surface area contributed by atoms with E-state index in [4.69, 9.17) is 16.7 Å². The van der Waals surface area contributed by atoms with E-state index >= 15 is 0 Å². The standard InChI is InChI=1S/C13H19ClN2O3/c1-8(2)13(19)16-11-4-3-9(14)5-12(11)15-6-10(18)7-17/h3-5,8,10,15,17-18H,6-7H2,1-2H3,(H,16,19). The zero-order chi connectivity index (χ0) is 14.4. The number of rotatable bonds is 6. The molecule has 106 valence electrons. The van der Waals surface area contributed by atoms with Gasteiger partial charge in [0.25, 0.3) is 0 Å². The molecule has 0 aliphatic rings. The largest absolute Gasteiger partial charge is 0.394 e. The Morgan fingerprint density at radius 1 is 1.37 bits per heavy atom. The van der Waals surface area contributed by atoms with Crippen LogP contribution in [0.25, 0.3) is 0 Å². The average molecular weight is 287 g/mol. The van der Waals surface area contributed by atoms with Crippen LogP contribution in [0.15, 0.2) is 18.2 Å². The predicted octanol–water partition coefficient (Wildman–Crippen LogP) is 1.70. The highest BCUT2D eigenvalue weighted by atomic mass is 35.5. The van der Waals surface area contributed by atoms with Crippen molar-refractivity contribution in [3.63, 3.8) is 0 Å². The molecule has 0 fully saturated rings. The minimum absolute atomic E-state index is 0.104. The van der Waals surface area contributed by atoms with Crippen molar-refractivity contribution in [2.75, 3.05) is 23.8 Å². The van der Waals surface area contributed by atoms with E-state index in [-0.39, 0.29) is 25.0 Å². The molecule has 0 saturated heterocycles. The number of nitrogens with one attached hydrogen (secondary N) is 2. The van der Waals surface area contributed by atoms with E-state index in [9.17, 15) is 9.90 Å². The first kappa shape index (κ1) is 15.8. The Hall–Kier alpha value is -1.30. The molecule has 0 spiro atoms. The molecule has 1 atom stereocenters. The van der Waals surface area contributed by atoms with Gasteiger partial charge in [-0.2, -0.15) is 0 Å². The summed E-state index contributed by atoms with van der Waals surface area (Å²) in [7, 11) is 0. The van der Waals surface area contributed by atoms with E-state index in [0.29, 0.717) is 16.4 Å². The molecule has 0 aromatic heterocycles. The van der Waals surface area contributed by atoms with E-state index in [0.717, 1.165) is 0 Å². The topological polar surface area (TPSA) is 81.6 Å². The van der Waals surface area contributed by atoms with Crippen molar-refractivity contribution in [1.29, 1.82) is 0 Å². The Balaban J connectivity index is 2.82. The van der Waals surface area contributed by atoms with Gasteiger partial charge in [-0.1, -0.05) is 25.4 Å². The van der Waals surface area contributed by atoms with Crippen molar-refractivity contribution in [3.05, 3.63) is 23.2 Å². The number of anilines is 2. The highest BCUT2D eigenvalue weighted by Gasteiger charge is 2.11. The van der Waals surface area contributed by atoms with E-state index in [2.05, 4.69) is 10.6 Å². The fourth-order valence-electron chi connectivity index (χ4n) is 1.34. The molecule has 1 aromatic carbocycles.